The Morgan fingerprint density at radius 1 is 0.968 bits per heavy atom. The first kappa shape index (κ1) is 21.2. The van der Waals surface area contributed by atoms with Crippen LogP contribution in [0.3, 0.4) is 0 Å². The summed E-state index contributed by atoms with van der Waals surface area (Å²) in [5, 5.41) is 0.735. The number of benzene rings is 3. The number of rotatable bonds is 8. The Labute approximate surface area is 189 Å². The second-order valence-electron chi connectivity index (χ2n) is 7.72. The molecule has 0 saturated heterocycles. The number of hydrogen-bond donors (Lipinski definition) is 0. The lowest BCUT2D eigenvalue weighted by atomic mass is 9.99. The molecule has 0 fully saturated rings. The van der Waals surface area contributed by atoms with Gasteiger partial charge in [-0.05, 0) is 65.9 Å². The van der Waals surface area contributed by atoms with Crippen molar-refractivity contribution in [3.05, 3.63) is 94.8 Å². The van der Waals surface area contributed by atoms with Crippen molar-refractivity contribution >= 4 is 34.8 Å². The Morgan fingerprint density at radius 2 is 1.71 bits per heavy atom. The summed E-state index contributed by atoms with van der Waals surface area (Å²) in [5.41, 5.74) is 4.52. The largest absolute Gasteiger partial charge is 0.492 e. The zero-order chi connectivity index (χ0) is 21.6. The van der Waals surface area contributed by atoms with Gasteiger partial charge in [0.15, 0.2) is 0 Å². The smallest absolute Gasteiger partial charge is 0.133 e. The fraction of sp³-hybridized carbons (Fsp3) is 0.222. The molecular weight excluding hydrogens is 404 g/mol. The predicted octanol–water partition coefficient (Wildman–Crippen LogP) is 7.45. The molecule has 0 spiro atoms. The first-order valence-corrected chi connectivity index (χ1v) is 11.1. The average Bonchev–Trinajstić information content (AvgIpc) is 3.16. The minimum absolute atomic E-state index is 0.571. The summed E-state index contributed by atoms with van der Waals surface area (Å²) in [6.07, 6.45) is 5.24. The van der Waals surface area contributed by atoms with Gasteiger partial charge in [-0.15, -0.1) is 0 Å². The van der Waals surface area contributed by atoms with E-state index in [-0.39, 0.29) is 0 Å². The van der Waals surface area contributed by atoms with Gasteiger partial charge in [0.2, 0.25) is 0 Å². The number of imidazole rings is 1. The van der Waals surface area contributed by atoms with Crippen molar-refractivity contribution in [1.82, 2.24) is 9.55 Å². The Hall–Kier alpha value is -3.04. The first-order valence-electron chi connectivity index (χ1n) is 10.8. The second kappa shape index (κ2) is 9.84. The maximum atomic E-state index is 6.04. The third kappa shape index (κ3) is 5.18. The van der Waals surface area contributed by atoms with Crippen LogP contribution in [-0.2, 0) is 6.54 Å². The van der Waals surface area contributed by atoms with Crippen molar-refractivity contribution in [3.63, 3.8) is 0 Å². The van der Waals surface area contributed by atoms with E-state index >= 15 is 0 Å². The van der Waals surface area contributed by atoms with Gasteiger partial charge in [0, 0.05) is 5.02 Å². The van der Waals surface area contributed by atoms with Crippen molar-refractivity contribution in [2.24, 2.45) is 0 Å². The lowest BCUT2D eigenvalue weighted by Crippen LogP contribution is -2.09. The summed E-state index contributed by atoms with van der Waals surface area (Å²) in [6.45, 7) is 5.75. The first-order chi connectivity index (χ1) is 15.1. The third-order valence-electron chi connectivity index (χ3n) is 5.62. The summed E-state index contributed by atoms with van der Waals surface area (Å²) in [4.78, 5) is 4.81. The van der Waals surface area contributed by atoms with Crippen LogP contribution >= 0.6 is 11.6 Å². The highest BCUT2D eigenvalue weighted by atomic mass is 35.5. The predicted molar refractivity (Wildman–Crippen MR) is 131 cm³/mol. The van der Waals surface area contributed by atoms with Crippen LogP contribution in [0.1, 0.15) is 43.1 Å². The molecule has 158 valence electrons. The van der Waals surface area contributed by atoms with Gasteiger partial charge in [0.1, 0.15) is 18.2 Å². The van der Waals surface area contributed by atoms with Crippen molar-refractivity contribution < 1.29 is 4.74 Å². The Balaban J connectivity index is 1.50. The van der Waals surface area contributed by atoms with Crippen LogP contribution in [-0.4, -0.2) is 16.2 Å². The van der Waals surface area contributed by atoms with Crippen molar-refractivity contribution in [1.29, 1.82) is 0 Å². The quantitative estimate of drug-likeness (QED) is 0.290. The van der Waals surface area contributed by atoms with Crippen molar-refractivity contribution in [2.45, 2.75) is 32.7 Å². The lowest BCUT2D eigenvalue weighted by Gasteiger charge is -2.12. The van der Waals surface area contributed by atoms with Gasteiger partial charge in [-0.1, -0.05) is 67.9 Å². The molecule has 1 aromatic heterocycles. The Bertz CT molecular complexity index is 1160. The van der Waals surface area contributed by atoms with Crippen LogP contribution in [0.25, 0.3) is 23.2 Å². The summed E-state index contributed by atoms with van der Waals surface area (Å²) in [5.74, 6) is 2.38. The van der Waals surface area contributed by atoms with E-state index in [1.165, 1.54) is 5.56 Å². The number of hydrogen-bond acceptors (Lipinski definition) is 2. The van der Waals surface area contributed by atoms with Gasteiger partial charge in [-0.3, -0.25) is 0 Å². The van der Waals surface area contributed by atoms with Crippen molar-refractivity contribution in [3.8, 4) is 5.75 Å². The minimum atomic E-state index is 0.571. The molecule has 0 saturated carbocycles. The highest BCUT2D eigenvalue weighted by Crippen LogP contribution is 2.22. The van der Waals surface area contributed by atoms with Gasteiger partial charge >= 0.3 is 0 Å². The molecule has 0 aliphatic heterocycles. The number of aromatic nitrogens is 2. The molecule has 0 aliphatic rings. The van der Waals surface area contributed by atoms with Gasteiger partial charge in [-0.25, -0.2) is 4.98 Å². The normalized spacial score (nSPS) is 12.5. The number of halogens is 1. The van der Waals surface area contributed by atoms with Gasteiger partial charge in [0.05, 0.1) is 17.6 Å². The summed E-state index contributed by atoms with van der Waals surface area (Å²) in [6, 6.07) is 24.4. The highest BCUT2D eigenvalue weighted by Gasteiger charge is 2.09. The minimum Gasteiger partial charge on any atom is -0.492 e. The molecule has 0 bridgehead atoms. The fourth-order valence-corrected chi connectivity index (χ4v) is 3.71. The van der Waals surface area contributed by atoms with Gasteiger partial charge < -0.3 is 9.30 Å². The maximum Gasteiger partial charge on any atom is 0.133 e. The van der Waals surface area contributed by atoms with Crippen LogP contribution in [0.2, 0.25) is 5.02 Å². The highest BCUT2D eigenvalue weighted by molar-refractivity contribution is 6.30. The molecule has 0 radical (unpaired) electrons. The molecule has 1 atom stereocenters. The summed E-state index contributed by atoms with van der Waals surface area (Å²) in [7, 11) is 0. The molecule has 0 N–H and O–H groups in total. The molecule has 0 aliphatic carbocycles. The lowest BCUT2D eigenvalue weighted by molar-refractivity contribution is 0.299. The molecule has 1 heterocycles. The number of nitrogens with zero attached hydrogens (tertiary/aromatic N) is 2. The van der Waals surface area contributed by atoms with E-state index in [0.717, 1.165) is 39.6 Å². The van der Waals surface area contributed by atoms with Gasteiger partial charge in [-0.2, -0.15) is 0 Å². The van der Waals surface area contributed by atoms with Crippen LogP contribution in [0.5, 0.6) is 5.75 Å². The molecule has 4 aromatic rings. The molecule has 3 nitrogen and oxygen atoms in total. The van der Waals surface area contributed by atoms with E-state index < -0.39 is 0 Å². The third-order valence-corrected chi connectivity index (χ3v) is 5.88. The zero-order valence-electron chi connectivity index (χ0n) is 18.0. The van der Waals surface area contributed by atoms with Crippen LogP contribution < -0.4 is 4.74 Å². The second-order valence-corrected chi connectivity index (χ2v) is 8.16. The SMILES string of the molecule is CCC(C)c1ccc(OCCn2c(/C=C/c3ccc(Cl)cc3)nc3ccccc32)cc1. The monoisotopic (exact) mass is 430 g/mol. The van der Waals surface area contributed by atoms with Gasteiger partial charge in [0.25, 0.3) is 0 Å². The number of ether oxygens (including phenoxy) is 1. The Kier molecular flexibility index (Phi) is 6.73. The average molecular weight is 431 g/mol. The molecule has 4 heteroatoms. The van der Waals surface area contributed by atoms with E-state index in [0.29, 0.717) is 19.1 Å². The van der Waals surface area contributed by atoms with E-state index in [1.807, 2.05) is 48.5 Å². The maximum absolute atomic E-state index is 6.04. The number of fused-ring (bicyclic) bond motifs is 1. The van der Waals surface area contributed by atoms with Crippen molar-refractivity contribution in [2.75, 3.05) is 6.61 Å². The zero-order valence-corrected chi connectivity index (χ0v) is 18.7. The standard InChI is InChI=1S/C27H27ClN2O/c1-3-20(2)22-11-15-24(16-12-22)31-19-18-30-26-7-5-4-6-25(26)29-27(30)17-10-21-8-13-23(28)14-9-21/h4-17,20H,3,18-19H2,1-2H3/b17-10+. The summed E-state index contributed by atoms with van der Waals surface area (Å²) >= 11 is 5.99. The topological polar surface area (TPSA) is 27.1 Å². The molecular formula is C27H27ClN2O. The van der Waals surface area contributed by atoms with Crippen LogP contribution in [0, 0.1) is 0 Å². The van der Waals surface area contributed by atoms with E-state index in [4.69, 9.17) is 21.3 Å². The molecule has 0 amide bonds. The fourth-order valence-electron chi connectivity index (χ4n) is 3.58. The summed E-state index contributed by atoms with van der Waals surface area (Å²) < 4.78 is 8.24. The van der Waals surface area contributed by atoms with Crippen LogP contribution in [0.15, 0.2) is 72.8 Å². The molecule has 1 unspecified atom stereocenters. The van der Waals surface area contributed by atoms with E-state index in [9.17, 15) is 0 Å². The Morgan fingerprint density at radius 3 is 2.45 bits per heavy atom. The molecule has 31 heavy (non-hydrogen) atoms. The molecule has 4 rings (SSSR count). The van der Waals surface area contributed by atoms with Crippen LogP contribution in [0.4, 0.5) is 0 Å². The molecule has 3 aromatic carbocycles. The number of para-hydroxylation sites is 2. The van der Waals surface area contributed by atoms with E-state index in [1.54, 1.807) is 0 Å². The van der Waals surface area contributed by atoms with E-state index in [2.05, 4.69) is 54.8 Å².